The van der Waals surface area contributed by atoms with Gasteiger partial charge in [-0.05, 0) is 42.8 Å². The zero-order valence-electron chi connectivity index (χ0n) is 12.1. The number of primary amides is 1. The maximum Gasteiger partial charge on any atom is 0.339 e. The molecular formula is C16H17FN2O2S. The molecule has 6 heteroatoms. The number of hydrogen-bond acceptors (Lipinski definition) is 3. The number of carbonyl (C=O) groups excluding carboxylic acids is 1. The number of carbonyl (C=O) groups is 1. The molecule has 22 heavy (non-hydrogen) atoms. The lowest BCUT2D eigenvalue weighted by molar-refractivity contribution is -0.0560. The smallest absolute Gasteiger partial charge is 0.339 e. The molecule has 1 heterocycles. The van der Waals surface area contributed by atoms with Crippen LogP contribution in [0.3, 0.4) is 0 Å². The van der Waals surface area contributed by atoms with Crippen molar-refractivity contribution in [2.75, 3.05) is 0 Å². The SMILES string of the molecule is C[C@@H](/C=C/c1ccc(Cc2ccc(F)cc2)s1)N(O)C(N)=O. The minimum Gasteiger partial charge on any atom is -0.350 e. The van der Waals surface area contributed by atoms with Gasteiger partial charge in [-0.25, -0.2) is 9.18 Å². The average molecular weight is 320 g/mol. The lowest BCUT2D eigenvalue weighted by Gasteiger charge is -2.16. The van der Waals surface area contributed by atoms with E-state index in [0.29, 0.717) is 5.06 Å². The van der Waals surface area contributed by atoms with Gasteiger partial charge in [0.15, 0.2) is 0 Å². The summed E-state index contributed by atoms with van der Waals surface area (Å²) in [5.41, 5.74) is 6.03. The maximum atomic E-state index is 12.9. The Morgan fingerprint density at radius 1 is 1.36 bits per heavy atom. The predicted molar refractivity (Wildman–Crippen MR) is 85.2 cm³/mol. The van der Waals surface area contributed by atoms with Gasteiger partial charge in [0.25, 0.3) is 0 Å². The molecule has 116 valence electrons. The van der Waals surface area contributed by atoms with Crippen molar-refractivity contribution in [3.8, 4) is 0 Å². The van der Waals surface area contributed by atoms with Crippen molar-refractivity contribution < 1.29 is 14.4 Å². The maximum absolute atomic E-state index is 12.9. The van der Waals surface area contributed by atoms with Crippen molar-refractivity contribution in [3.05, 3.63) is 63.6 Å². The fourth-order valence-corrected chi connectivity index (χ4v) is 2.86. The summed E-state index contributed by atoms with van der Waals surface area (Å²) in [6.45, 7) is 1.66. The Morgan fingerprint density at radius 2 is 2.05 bits per heavy atom. The number of hydrogen-bond donors (Lipinski definition) is 2. The molecule has 0 bridgehead atoms. The monoisotopic (exact) mass is 320 g/mol. The Kier molecular flexibility index (Phi) is 5.30. The Labute approximate surface area is 132 Å². The summed E-state index contributed by atoms with van der Waals surface area (Å²) in [4.78, 5) is 13.0. The molecule has 2 aromatic rings. The van der Waals surface area contributed by atoms with Crippen LogP contribution < -0.4 is 5.73 Å². The second-order valence-corrected chi connectivity index (χ2v) is 6.09. The summed E-state index contributed by atoms with van der Waals surface area (Å²) in [5, 5.41) is 9.85. The van der Waals surface area contributed by atoms with Gasteiger partial charge < -0.3 is 5.73 Å². The molecule has 0 spiro atoms. The molecule has 2 amide bonds. The van der Waals surface area contributed by atoms with Crippen LogP contribution in [0.1, 0.15) is 22.2 Å². The van der Waals surface area contributed by atoms with Gasteiger partial charge >= 0.3 is 6.03 Å². The standard InChI is InChI=1S/C16H17FN2O2S/c1-11(19(21)16(18)20)2-7-14-8-9-15(22-14)10-12-3-5-13(17)6-4-12/h2-9,11,21H,10H2,1H3,(H2,18,20)/b7-2+/t11-/m0/s1. The molecule has 0 fully saturated rings. The number of hydroxylamine groups is 2. The van der Waals surface area contributed by atoms with Crippen molar-refractivity contribution in [2.45, 2.75) is 19.4 Å². The lowest BCUT2D eigenvalue weighted by atomic mass is 10.1. The molecule has 3 N–H and O–H groups in total. The van der Waals surface area contributed by atoms with E-state index in [0.717, 1.165) is 21.7 Å². The summed E-state index contributed by atoms with van der Waals surface area (Å²) in [7, 11) is 0. The van der Waals surface area contributed by atoms with Crippen LogP contribution in [0.2, 0.25) is 0 Å². The van der Waals surface area contributed by atoms with Gasteiger partial charge in [-0.1, -0.05) is 18.2 Å². The molecule has 0 aliphatic heterocycles. The van der Waals surface area contributed by atoms with E-state index in [2.05, 4.69) is 0 Å². The van der Waals surface area contributed by atoms with Gasteiger partial charge in [0, 0.05) is 16.2 Å². The minimum absolute atomic E-state index is 0.240. The molecule has 1 aromatic carbocycles. The number of nitrogens with zero attached hydrogens (tertiary/aromatic N) is 1. The van der Waals surface area contributed by atoms with Gasteiger partial charge in [0.2, 0.25) is 0 Å². The predicted octanol–water partition coefficient (Wildman–Crippen LogP) is 3.65. The Bertz CT molecular complexity index is 667. The average Bonchev–Trinajstić information content (AvgIpc) is 2.94. The number of rotatable bonds is 5. The molecular weight excluding hydrogens is 303 g/mol. The van der Waals surface area contributed by atoms with Crippen LogP contribution in [-0.4, -0.2) is 22.3 Å². The highest BCUT2D eigenvalue weighted by molar-refractivity contribution is 7.12. The first-order valence-corrected chi connectivity index (χ1v) is 7.56. The third-order valence-electron chi connectivity index (χ3n) is 3.12. The van der Waals surface area contributed by atoms with E-state index in [9.17, 15) is 14.4 Å². The molecule has 0 saturated heterocycles. The van der Waals surface area contributed by atoms with Crippen molar-refractivity contribution >= 4 is 23.4 Å². The number of benzene rings is 1. The highest BCUT2D eigenvalue weighted by Gasteiger charge is 2.11. The van der Waals surface area contributed by atoms with Gasteiger partial charge in [0.05, 0.1) is 6.04 Å². The van der Waals surface area contributed by atoms with E-state index in [1.54, 1.807) is 36.5 Å². The van der Waals surface area contributed by atoms with Crippen LogP contribution in [-0.2, 0) is 6.42 Å². The number of halogens is 1. The second-order valence-electron chi connectivity index (χ2n) is 4.89. The molecule has 1 atom stereocenters. The number of amides is 2. The first kappa shape index (κ1) is 16.2. The Hall–Kier alpha value is -2.18. The van der Waals surface area contributed by atoms with E-state index >= 15 is 0 Å². The Morgan fingerprint density at radius 3 is 2.68 bits per heavy atom. The van der Waals surface area contributed by atoms with Crippen molar-refractivity contribution in [1.29, 1.82) is 0 Å². The summed E-state index contributed by atoms with van der Waals surface area (Å²) >= 11 is 1.60. The first-order valence-electron chi connectivity index (χ1n) is 6.74. The van der Waals surface area contributed by atoms with Crippen LogP contribution in [0.4, 0.5) is 9.18 Å². The minimum atomic E-state index is -0.889. The normalized spacial score (nSPS) is 12.5. The van der Waals surface area contributed by atoms with Crippen LogP contribution in [0.5, 0.6) is 0 Å². The molecule has 0 radical (unpaired) electrons. The topological polar surface area (TPSA) is 66.6 Å². The fourth-order valence-electron chi connectivity index (χ4n) is 1.90. The summed E-state index contributed by atoms with van der Waals surface area (Å²) in [5.74, 6) is -0.240. The quantitative estimate of drug-likeness (QED) is 0.652. The zero-order valence-corrected chi connectivity index (χ0v) is 12.9. The van der Waals surface area contributed by atoms with Crippen molar-refractivity contribution in [3.63, 3.8) is 0 Å². The van der Waals surface area contributed by atoms with Crippen molar-refractivity contribution in [2.24, 2.45) is 5.73 Å². The summed E-state index contributed by atoms with van der Waals surface area (Å²) < 4.78 is 12.9. The number of nitrogens with two attached hydrogens (primary N) is 1. The third kappa shape index (κ3) is 4.41. The van der Waals surface area contributed by atoms with Crippen LogP contribution in [0.15, 0.2) is 42.5 Å². The Balaban J connectivity index is 1.99. The second kappa shape index (κ2) is 7.20. The zero-order chi connectivity index (χ0) is 16.1. The largest absolute Gasteiger partial charge is 0.350 e. The lowest BCUT2D eigenvalue weighted by Crippen LogP contribution is -2.38. The van der Waals surface area contributed by atoms with Gasteiger partial charge in [-0.15, -0.1) is 11.3 Å². The fraction of sp³-hybridized carbons (Fsp3) is 0.188. The van der Waals surface area contributed by atoms with E-state index in [1.807, 2.05) is 18.2 Å². The molecule has 0 aliphatic carbocycles. The molecule has 0 saturated carbocycles. The third-order valence-corrected chi connectivity index (χ3v) is 4.18. The summed E-state index contributed by atoms with van der Waals surface area (Å²) in [6, 6.07) is 9.00. The van der Waals surface area contributed by atoms with Gasteiger partial charge in [-0.2, -0.15) is 5.06 Å². The van der Waals surface area contributed by atoms with Crippen LogP contribution in [0.25, 0.3) is 6.08 Å². The molecule has 0 aliphatic rings. The van der Waals surface area contributed by atoms with Gasteiger partial charge in [-0.3, -0.25) is 5.21 Å². The number of thiophene rings is 1. The highest BCUT2D eigenvalue weighted by Crippen LogP contribution is 2.21. The van der Waals surface area contributed by atoms with E-state index < -0.39 is 12.1 Å². The summed E-state index contributed by atoms with van der Waals surface area (Å²) in [6.07, 6.45) is 4.26. The molecule has 2 rings (SSSR count). The van der Waals surface area contributed by atoms with Gasteiger partial charge in [0.1, 0.15) is 5.82 Å². The van der Waals surface area contributed by atoms with E-state index in [1.165, 1.54) is 12.1 Å². The first-order chi connectivity index (χ1) is 10.5. The molecule has 4 nitrogen and oxygen atoms in total. The molecule has 0 unspecified atom stereocenters. The molecule has 1 aromatic heterocycles. The van der Waals surface area contributed by atoms with E-state index in [4.69, 9.17) is 5.73 Å². The van der Waals surface area contributed by atoms with Crippen LogP contribution >= 0.6 is 11.3 Å². The van der Waals surface area contributed by atoms with E-state index in [-0.39, 0.29) is 5.82 Å². The highest BCUT2D eigenvalue weighted by atomic mass is 32.1. The number of urea groups is 1. The van der Waals surface area contributed by atoms with Crippen LogP contribution in [0, 0.1) is 5.82 Å². The van der Waals surface area contributed by atoms with Crippen molar-refractivity contribution in [1.82, 2.24) is 5.06 Å².